The second kappa shape index (κ2) is 10.6. The van der Waals surface area contributed by atoms with Crippen LogP contribution in [0.15, 0.2) is 47.8 Å². The molecule has 0 saturated heterocycles. The van der Waals surface area contributed by atoms with Gasteiger partial charge in [0.1, 0.15) is 10.5 Å². The molecule has 4 rings (SSSR count). The zero-order chi connectivity index (χ0) is 26.0. The number of halogens is 1. The molecule has 0 unspecified atom stereocenters. The van der Waals surface area contributed by atoms with Gasteiger partial charge in [0, 0.05) is 10.6 Å². The van der Waals surface area contributed by atoms with Crippen LogP contribution in [-0.2, 0) is 17.6 Å². The third-order valence-electron chi connectivity index (χ3n) is 6.10. The molecule has 1 aliphatic carbocycles. The lowest BCUT2D eigenvalue weighted by Crippen LogP contribution is -2.40. The van der Waals surface area contributed by atoms with E-state index in [1.54, 1.807) is 56.5 Å². The van der Waals surface area contributed by atoms with Crippen molar-refractivity contribution < 1.29 is 24.5 Å². The first-order chi connectivity index (χ1) is 17.0. The molecule has 1 atom stereocenters. The minimum absolute atomic E-state index is 0.0470. The van der Waals surface area contributed by atoms with Crippen LogP contribution in [0.25, 0.3) is 11.1 Å². The summed E-state index contributed by atoms with van der Waals surface area (Å²) in [5.74, 6) is -0.994. The normalized spacial score (nSPS) is 14.1. The van der Waals surface area contributed by atoms with Crippen molar-refractivity contribution in [1.29, 1.82) is 0 Å². The van der Waals surface area contributed by atoms with E-state index in [9.17, 15) is 19.8 Å². The summed E-state index contributed by atoms with van der Waals surface area (Å²) in [5.41, 5.74) is 4.15. The van der Waals surface area contributed by atoms with Gasteiger partial charge in [0.05, 0.1) is 18.3 Å². The molecule has 1 aliphatic rings. The summed E-state index contributed by atoms with van der Waals surface area (Å²) >= 11 is 7.30. The third-order valence-corrected chi connectivity index (χ3v) is 7.25. The number of carbonyl (C=O) groups is 2. The Kier molecular flexibility index (Phi) is 7.73. The molecule has 36 heavy (non-hydrogen) atoms. The Morgan fingerprint density at radius 3 is 2.56 bits per heavy atom. The third kappa shape index (κ3) is 5.91. The highest BCUT2D eigenvalue weighted by Gasteiger charge is 2.31. The smallest absolute Gasteiger partial charge is 0.414 e. The van der Waals surface area contributed by atoms with E-state index in [-0.39, 0.29) is 11.4 Å². The number of aliphatic hydroxyl groups is 1. The number of amides is 1. The molecule has 1 heterocycles. The van der Waals surface area contributed by atoms with Crippen LogP contribution in [0.3, 0.4) is 0 Å². The highest BCUT2D eigenvalue weighted by molar-refractivity contribution is 7.12. The molecule has 2 N–H and O–H groups in total. The van der Waals surface area contributed by atoms with Crippen LogP contribution in [0.1, 0.15) is 66.1 Å². The number of aliphatic hydroxyl groups excluding tert-OH is 1. The average molecular weight is 528 g/mol. The van der Waals surface area contributed by atoms with Gasteiger partial charge in [0.15, 0.2) is 0 Å². The van der Waals surface area contributed by atoms with Crippen molar-refractivity contribution in [3.63, 3.8) is 0 Å². The Morgan fingerprint density at radius 1 is 1.14 bits per heavy atom. The number of hydrogen-bond donors (Lipinski definition) is 2. The lowest BCUT2D eigenvalue weighted by Gasteiger charge is -2.33. The maximum atomic E-state index is 13.7. The molecule has 6 nitrogen and oxygen atoms in total. The molecule has 1 aromatic heterocycles. The highest BCUT2D eigenvalue weighted by Crippen LogP contribution is 2.42. The first-order valence-electron chi connectivity index (χ1n) is 11.9. The van der Waals surface area contributed by atoms with Gasteiger partial charge in [-0.1, -0.05) is 35.9 Å². The van der Waals surface area contributed by atoms with Crippen molar-refractivity contribution in [2.45, 2.75) is 58.2 Å². The number of carboxylic acids is 1. The van der Waals surface area contributed by atoms with E-state index < -0.39 is 23.8 Å². The lowest BCUT2D eigenvalue weighted by atomic mass is 9.86. The van der Waals surface area contributed by atoms with E-state index in [1.165, 1.54) is 4.90 Å². The molecule has 3 aromatic rings. The number of rotatable bonds is 6. The number of nitrogens with zero attached hydrogens (tertiary/aromatic N) is 1. The Morgan fingerprint density at radius 2 is 1.89 bits per heavy atom. The molecular formula is C28H30ClNO5S. The fraction of sp³-hybridized carbons (Fsp3) is 0.357. The van der Waals surface area contributed by atoms with Crippen molar-refractivity contribution in [1.82, 2.24) is 0 Å². The fourth-order valence-electron chi connectivity index (χ4n) is 4.51. The van der Waals surface area contributed by atoms with E-state index in [0.717, 1.165) is 53.7 Å². The summed E-state index contributed by atoms with van der Waals surface area (Å²) in [6, 6.07) is 12.6. The molecule has 1 amide bonds. The molecule has 0 bridgehead atoms. The summed E-state index contributed by atoms with van der Waals surface area (Å²) in [4.78, 5) is 27.0. The van der Waals surface area contributed by atoms with E-state index in [0.29, 0.717) is 21.8 Å². The number of aromatic carboxylic acids is 1. The number of carboxylic acid groups (broad SMARTS) is 1. The first kappa shape index (κ1) is 26.2. The van der Waals surface area contributed by atoms with Gasteiger partial charge in [0.2, 0.25) is 0 Å². The molecule has 0 fully saturated rings. The van der Waals surface area contributed by atoms with Gasteiger partial charge in [-0.05, 0) is 92.3 Å². The van der Waals surface area contributed by atoms with Gasteiger partial charge in [-0.15, -0.1) is 11.3 Å². The summed E-state index contributed by atoms with van der Waals surface area (Å²) in [6.45, 7) is 5.36. The standard InChI is InChI=1S/C28H30ClNO5S/c1-28(2,3)35-27(34)30(15-23(31)18-8-6-9-20(29)13-18)25-21-10-5-4-7-17(21)11-12-22(25)19-14-24(26(32)33)36-16-19/h6,8-9,11-14,16,23,31H,4-5,7,10,15H2,1-3H3,(H,32,33)/t23-/m0/s1. The van der Waals surface area contributed by atoms with E-state index in [1.807, 2.05) is 6.07 Å². The Bertz CT molecular complexity index is 1280. The Balaban J connectivity index is 1.87. The molecular weight excluding hydrogens is 498 g/mol. The van der Waals surface area contributed by atoms with Crippen LogP contribution in [-0.4, -0.2) is 34.4 Å². The molecule has 0 saturated carbocycles. The van der Waals surface area contributed by atoms with Crippen LogP contribution in [0.5, 0.6) is 0 Å². The van der Waals surface area contributed by atoms with Crippen LogP contribution in [0.4, 0.5) is 10.5 Å². The molecule has 0 aliphatic heterocycles. The molecule has 8 heteroatoms. The van der Waals surface area contributed by atoms with Crippen molar-refractivity contribution in [3.05, 3.63) is 74.4 Å². The van der Waals surface area contributed by atoms with Crippen LogP contribution in [0.2, 0.25) is 5.02 Å². The largest absolute Gasteiger partial charge is 0.477 e. The summed E-state index contributed by atoms with van der Waals surface area (Å²) < 4.78 is 5.80. The molecule has 190 valence electrons. The van der Waals surface area contributed by atoms with Crippen molar-refractivity contribution in [2.75, 3.05) is 11.4 Å². The number of hydrogen-bond acceptors (Lipinski definition) is 5. The number of ether oxygens (including phenoxy) is 1. The van der Waals surface area contributed by atoms with E-state index in [2.05, 4.69) is 6.07 Å². The summed E-state index contributed by atoms with van der Waals surface area (Å²) in [7, 11) is 0. The number of benzene rings is 2. The Labute approximate surface area is 220 Å². The zero-order valence-electron chi connectivity index (χ0n) is 20.6. The van der Waals surface area contributed by atoms with Crippen LogP contribution >= 0.6 is 22.9 Å². The molecule has 0 radical (unpaired) electrons. The monoisotopic (exact) mass is 527 g/mol. The van der Waals surface area contributed by atoms with Gasteiger partial charge in [0.25, 0.3) is 0 Å². The SMILES string of the molecule is CC(C)(C)OC(=O)N(C[C@H](O)c1cccc(Cl)c1)c1c(-c2csc(C(=O)O)c2)ccc2c1CCCC2. The lowest BCUT2D eigenvalue weighted by molar-refractivity contribution is 0.0555. The van der Waals surface area contributed by atoms with Gasteiger partial charge >= 0.3 is 12.1 Å². The van der Waals surface area contributed by atoms with Gasteiger partial charge in [-0.3, -0.25) is 4.90 Å². The number of aryl methyl sites for hydroxylation is 1. The van der Waals surface area contributed by atoms with Crippen molar-refractivity contribution >= 4 is 40.7 Å². The maximum absolute atomic E-state index is 13.7. The van der Waals surface area contributed by atoms with E-state index in [4.69, 9.17) is 16.3 Å². The summed E-state index contributed by atoms with van der Waals surface area (Å²) in [6.07, 6.45) is 2.13. The number of carbonyl (C=O) groups excluding carboxylic acids is 1. The second-order valence-corrected chi connectivity index (χ2v) is 11.3. The van der Waals surface area contributed by atoms with Crippen molar-refractivity contribution in [3.8, 4) is 11.1 Å². The predicted octanol–water partition coefficient (Wildman–Crippen LogP) is 7.12. The van der Waals surface area contributed by atoms with Crippen molar-refractivity contribution in [2.24, 2.45) is 0 Å². The van der Waals surface area contributed by atoms with Gasteiger partial charge in [-0.2, -0.15) is 0 Å². The van der Waals surface area contributed by atoms with Gasteiger partial charge in [-0.25, -0.2) is 9.59 Å². The predicted molar refractivity (Wildman–Crippen MR) is 143 cm³/mol. The Hall–Kier alpha value is -2.87. The maximum Gasteiger partial charge on any atom is 0.414 e. The topological polar surface area (TPSA) is 87.1 Å². The van der Waals surface area contributed by atoms with Crippen LogP contribution < -0.4 is 4.90 Å². The minimum atomic E-state index is -1.01. The fourth-order valence-corrected chi connectivity index (χ4v) is 5.45. The summed E-state index contributed by atoms with van der Waals surface area (Å²) in [5, 5.41) is 22.9. The second-order valence-electron chi connectivity index (χ2n) is 9.97. The first-order valence-corrected chi connectivity index (χ1v) is 13.2. The number of anilines is 1. The zero-order valence-corrected chi connectivity index (χ0v) is 22.2. The minimum Gasteiger partial charge on any atom is -0.477 e. The van der Waals surface area contributed by atoms with Gasteiger partial charge < -0.3 is 14.9 Å². The molecule has 2 aromatic carbocycles. The van der Waals surface area contributed by atoms with Crippen LogP contribution in [0, 0.1) is 0 Å². The van der Waals surface area contributed by atoms with E-state index >= 15 is 0 Å². The quantitative estimate of drug-likeness (QED) is 0.356. The average Bonchev–Trinajstić information content (AvgIpc) is 3.31. The number of fused-ring (bicyclic) bond motifs is 1. The molecule has 0 spiro atoms. The number of thiophene rings is 1. The highest BCUT2D eigenvalue weighted by atomic mass is 35.5.